The van der Waals surface area contributed by atoms with Gasteiger partial charge in [-0.1, -0.05) is 48.5 Å². The summed E-state index contributed by atoms with van der Waals surface area (Å²) in [6.07, 6.45) is -0.841. The maximum atomic E-state index is 12.5. The van der Waals surface area contributed by atoms with Crippen LogP contribution in [0.1, 0.15) is 31.9 Å². The van der Waals surface area contributed by atoms with E-state index in [9.17, 15) is 14.4 Å². The molecule has 3 atom stereocenters. The Hall–Kier alpha value is -3.15. The molecule has 0 radical (unpaired) electrons. The SMILES string of the molecule is C[C@H](OC(=O)[C@@H]1CC(=O)N([C@@H](C)c2ccccc2)C1)C(=O)Nc1ccccc1. The zero-order valence-electron chi connectivity index (χ0n) is 16.0. The van der Waals surface area contributed by atoms with Crippen LogP contribution in [0.3, 0.4) is 0 Å². The average molecular weight is 380 g/mol. The molecule has 1 aliphatic heterocycles. The molecule has 1 N–H and O–H groups in total. The summed E-state index contributed by atoms with van der Waals surface area (Å²) in [6.45, 7) is 3.76. The summed E-state index contributed by atoms with van der Waals surface area (Å²) in [4.78, 5) is 38.8. The van der Waals surface area contributed by atoms with Crippen LogP contribution >= 0.6 is 0 Å². The molecule has 1 saturated heterocycles. The standard InChI is InChI=1S/C22H24N2O4/c1-15(17-9-5-3-6-10-17)24-14-18(13-20(24)25)22(27)28-16(2)21(26)23-19-11-7-4-8-12-19/h3-12,15-16,18H,13-14H2,1-2H3,(H,23,26)/t15-,16-,18+/m0/s1. The molecule has 3 rings (SSSR count). The first-order valence-electron chi connectivity index (χ1n) is 9.36. The number of esters is 1. The number of rotatable bonds is 6. The van der Waals surface area contributed by atoms with Crippen LogP contribution in [0.15, 0.2) is 60.7 Å². The second-order valence-corrected chi connectivity index (χ2v) is 6.97. The fraction of sp³-hybridized carbons (Fsp3) is 0.318. The van der Waals surface area contributed by atoms with Gasteiger partial charge < -0.3 is 15.0 Å². The van der Waals surface area contributed by atoms with Crippen molar-refractivity contribution in [1.29, 1.82) is 0 Å². The molecule has 0 unspecified atom stereocenters. The minimum absolute atomic E-state index is 0.0836. The van der Waals surface area contributed by atoms with Gasteiger partial charge >= 0.3 is 5.97 Å². The number of amides is 2. The van der Waals surface area contributed by atoms with E-state index in [0.29, 0.717) is 12.2 Å². The van der Waals surface area contributed by atoms with Crippen LogP contribution in [0.5, 0.6) is 0 Å². The van der Waals surface area contributed by atoms with Gasteiger partial charge in [-0.3, -0.25) is 14.4 Å². The Labute approximate surface area is 164 Å². The molecule has 2 aromatic rings. The highest BCUT2D eigenvalue weighted by Crippen LogP contribution is 2.29. The third-order valence-corrected chi connectivity index (χ3v) is 4.94. The van der Waals surface area contributed by atoms with Crippen LogP contribution in [0.2, 0.25) is 0 Å². The third-order valence-electron chi connectivity index (χ3n) is 4.94. The highest BCUT2D eigenvalue weighted by Gasteiger charge is 2.38. The maximum Gasteiger partial charge on any atom is 0.312 e. The van der Waals surface area contributed by atoms with E-state index >= 15 is 0 Å². The molecule has 1 aliphatic rings. The van der Waals surface area contributed by atoms with Gasteiger partial charge in [0.2, 0.25) is 5.91 Å². The van der Waals surface area contributed by atoms with Gasteiger partial charge in [-0.15, -0.1) is 0 Å². The summed E-state index contributed by atoms with van der Waals surface area (Å²) in [6, 6.07) is 18.5. The lowest BCUT2D eigenvalue weighted by Crippen LogP contribution is -2.33. The highest BCUT2D eigenvalue weighted by atomic mass is 16.5. The molecular weight excluding hydrogens is 356 g/mol. The van der Waals surface area contributed by atoms with Crippen LogP contribution in [0.4, 0.5) is 5.69 Å². The van der Waals surface area contributed by atoms with E-state index in [1.54, 1.807) is 29.2 Å². The van der Waals surface area contributed by atoms with Crippen molar-refractivity contribution in [1.82, 2.24) is 4.90 Å². The van der Waals surface area contributed by atoms with Crippen LogP contribution in [-0.4, -0.2) is 35.3 Å². The summed E-state index contributed by atoms with van der Waals surface area (Å²) in [5.74, 6) is -1.57. The first kappa shape index (κ1) is 19.6. The van der Waals surface area contributed by atoms with Crippen molar-refractivity contribution in [2.24, 2.45) is 5.92 Å². The van der Waals surface area contributed by atoms with E-state index in [1.807, 2.05) is 43.3 Å². The number of hydrogen-bond acceptors (Lipinski definition) is 4. The van der Waals surface area contributed by atoms with Crippen LogP contribution in [0.25, 0.3) is 0 Å². The molecule has 0 bridgehead atoms. The fourth-order valence-corrected chi connectivity index (χ4v) is 3.26. The molecule has 6 nitrogen and oxygen atoms in total. The number of nitrogens with zero attached hydrogens (tertiary/aromatic N) is 1. The van der Waals surface area contributed by atoms with E-state index in [2.05, 4.69) is 5.32 Å². The summed E-state index contributed by atoms with van der Waals surface area (Å²) < 4.78 is 5.32. The molecule has 2 amide bonds. The predicted octanol–water partition coefficient (Wildman–Crippen LogP) is 3.17. The average Bonchev–Trinajstić information content (AvgIpc) is 3.10. The van der Waals surface area contributed by atoms with Gasteiger partial charge in [0.05, 0.1) is 12.0 Å². The van der Waals surface area contributed by atoms with Crippen molar-refractivity contribution in [3.8, 4) is 0 Å². The summed E-state index contributed by atoms with van der Waals surface area (Å²) >= 11 is 0. The number of ether oxygens (including phenoxy) is 1. The molecule has 0 aliphatic carbocycles. The van der Waals surface area contributed by atoms with Crippen LogP contribution < -0.4 is 5.32 Å². The normalized spacial score (nSPS) is 18.4. The number of benzene rings is 2. The number of anilines is 1. The van der Waals surface area contributed by atoms with E-state index in [1.165, 1.54) is 6.92 Å². The molecule has 146 valence electrons. The Kier molecular flexibility index (Phi) is 6.09. The van der Waals surface area contributed by atoms with Gasteiger partial charge in [0.25, 0.3) is 5.91 Å². The fourth-order valence-electron chi connectivity index (χ4n) is 3.26. The van der Waals surface area contributed by atoms with E-state index in [0.717, 1.165) is 5.56 Å². The number of likely N-dealkylation sites (tertiary alicyclic amines) is 1. The van der Waals surface area contributed by atoms with Crippen molar-refractivity contribution >= 4 is 23.5 Å². The van der Waals surface area contributed by atoms with E-state index in [-0.39, 0.29) is 18.4 Å². The molecule has 0 aromatic heterocycles. The summed E-state index contributed by atoms with van der Waals surface area (Å²) in [7, 11) is 0. The third kappa shape index (κ3) is 4.57. The Morgan fingerprint density at radius 3 is 2.29 bits per heavy atom. The van der Waals surface area contributed by atoms with Crippen molar-refractivity contribution in [2.45, 2.75) is 32.4 Å². The molecule has 0 saturated carbocycles. The van der Waals surface area contributed by atoms with E-state index in [4.69, 9.17) is 4.74 Å². The topological polar surface area (TPSA) is 75.7 Å². The van der Waals surface area contributed by atoms with Gasteiger partial charge in [-0.05, 0) is 31.5 Å². The number of nitrogens with one attached hydrogen (secondary N) is 1. The lowest BCUT2D eigenvalue weighted by Gasteiger charge is -2.25. The number of para-hydroxylation sites is 1. The molecule has 1 heterocycles. The minimum Gasteiger partial charge on any atom is -0.452 e. The van der Waals surface area contributed by atoms with Gasteiger partial charge in [0.1, 0.15) is 0 Å². The molecule has 28 heavy (non-hydrogen) atoms. The first-order chi connectivity index (χ1) is 13.5. The Bertz CT molecular complexity index is 838. The Morgan fingerprint density at radius 2 is 1.64 bits per heavy atom. The van der Waals surface area contributed by atoms with Crippen LogP contribution in [0, 0.1) is 5.92 Å². The minimum atomic E-state index is -0.941. The Morgan fingerprint density at radius 1 is 1.04 bits per heavy atom. The molecule has 2 aromatic carbocycles. The number of hydrogen-bond donors (Lipinski definition) is 1. The first-order valence-corrected chi connectivity index (χ1v) is 9.36. The molecular formula is C22H24N2O4. The lowest BCUT2D eigenvalue weighted by atomic mass is 10.1. The molecule has 6 heteroatoms. The lowest BCUT2D eigenvalue weighted by molar-refractivity contribution is -0.157. The second kappa shape index (κ2) is 8.69. The van der Waals surface area contributed by atoms with Crippen molar-refractivity contribution in [2.75, 3.05) is 11.9 Å². The van der Waals surface area contributed by atoms with Gasteiger partial charge in [0, 0.05) is 18.7 Å². The predicted molar refractivity (Wildman–Crippen MR) is 105 cm³/mol. The van der Waals surface area contributed by atoms with Crippen molar-refractivity contribution in [3.63, 3.8) is 0 Å². The van der Waals surface area contributed by atoms with Crippen molar-refractivity contribution < 1.29 is 19.1 Å². The van der Waals surface area contributed by atoms with E-state index < -0.39 is 23.9 Å². The second-order valence-electron chi connectivity index (χ2n) is 6.97. The quantitative estimate of drug-likeness (QED) is 0.781. The van der Waals surface area contributed by atoms with Gasteiger partial charge in [-0.25, -0.2) is 0 Å². The number of carbonyl (C=O) groups is 3. The highest BCUT2D eigenvalue weighted by molar-refractivity contribution is 5.95. The largest absolute Gasteiger partial charge is 0.452 e. The molecule has 1 fully saturated rings. The smallest absolute Gasteiger partial charge is 0.312 e. The Balaban J connectivity index is 1.56. The zero-order valence-corrected chi connectivity index (χ0v) is 16.0. The zero-order chi connectivity index (χ0) is 20.1. The summed E-state index contributed by atoms with van der Waals surface area (Å²) in [5, 5.41) is 2.70. The van der Waals surface area contributed by atoms with Gasteiger partial charge in [-0.2, -0.15) is 0 Å². The van der Waals surface area contributed by atoms with Crippen molar-refractivity contribution in [3.05, 3.63) is 66.2 Å². The summed E-state index contributed by atoms with van der Waals surface area (Å²) in [5.41, 5.74) is 1.65. The maximum absolute atomic E-state index is 12.5. The monoisotopic (exact) mass is 380 g/mol. The van der Waals surface area contributed by atoms with Gasteiger partial charge in [0.15, 0.2) is 6.10 Å². The number of carbonyl (C=O) groups excluding carboxylic acids is 3. The van der Waals surface area contributed by atoms with Crippen LogP contribution in [-0.2, 0) is 19.1 Å². The molecule has 0 spiro atoms.